The van der Waals surface area contributed by atoms with Gasteiger partial charge in [0.25, 0.3) is 0 Å². The van der Waals surface area contributed by atoms with Crippen LogP contribution in [0.15, 0.2) is 18.2 Å². The van der Waals surface area contributed by atoms with Crippen LogP contribution in [0.25, 0.3) is 0 Å². The molecule has 0 spiro atoms. The Morgan fingerprint density at radius 2 is 2.05 bits per heavy atom. The van der Waals surface area contributed by atoms with E-state index < -0.39 is 11.4 Å². The minimum Gasteiger partial charge on any atom is -0.490 e. The fraction of sp³-hybridized carbons (Fsp3) is 0.429. The van der Waals surface area contributed by atoms with Crippen molar-refractivity contribution in [2.75, 3.05) is 13.2 Å². The van der Waals surface area contributed by atoms with Crippen LogP contribution in [0.4, 0.5) is 0 Å². The van der Waals surface area contributed by atoms with E-state index in [2.05, 4.69) is 0 Å². The van der Waals surface area contributed by atoms with Gasteiger partial charge in [-0.1, -0.05) is 0 Å². The quantitative estimate of drug-likeness (QED) is 0.852. The molecule has 0 saturated heterocycles. The zero-order chi connectivity index (χ0) is 14.5. The van der Waals surface area contributed by atoms with E-state index in [1.54, 1.807) is 32.0 Å². The monoisotopic (exact) mass is 263 g/mol. The summed E-state index contributed by atoms with van der Waals surface area (Å²) in [5, 5.41) is 17.8. The highest BCUT2D eigenvalue weighted by molar-refractivity contribution is 5.73. The Hall–Kier alpha value is -2.22. The summed E-state index contributed by atoms with van der Waals surface area (Å²) >= 11 is 0. The van der Waals surface area contributed by atoms with Crippen LogP contribution < -0.4 is 9.47 Å². The maximum absolute atomic E-state index is 11.0. The molecule has 0 aromatic heterocycles. The molecule has 102 valence electrons. The van der Waals surface area contributed by atoms with Gasteiger partial charge >= 0.3 is 5.97 Å². The third-order valence-corrected chi connectivity index (χ3v) is 2.54. The third kappa shape index (κ3) is 3.88. The van der Waals surface area contributed by atoms with Crippen LogP contribution in [0.1, 0.15) is 26.3 Å². The van der Waals surface area contributed by atoms with Crippen LogP contribution >= 0.6 is 0 Å². The molecule has 0 heterocycles. The number of nitriles is 1. The van der Waals surface area contributed by atoms with Gasteiger partial charge in [0.05, 0.1) is 23.7 Å². The molecule has 0 radical (unpaired) electrons. The average molecular weight is 263 g/mol. The fourth-order valence-electron chi connectivity index (χ4n) is 1.29. The molecule has 0 aliphatic rings. The first-order valence-corrected chi connectivity index (χ1v) is 5.94. The molecule has 0 unspecified atom stereocenters. The van der Waals surface area contributed by atoms with Gasteiger partial charge in [-0.2, -0.15) is 5.26 Å². The van der Waals surface area contributed by atoms with Crippen molar-refractivity contribution in [1.82, 2.24) is 0 Å². The summed E-state index contributed by atoms with van der Waals surface area (Å²) in [6.07, 6.45) is 0. The van der Waals surface area contributed by atoms with Crippen molar-refractivity contribution in [3.8, 4) is 17.6 Å². The van der Waals surface area contributed by atoms with Crippen LogP contribution in [-0.4, -0.2) is 24.3 Å². The van der Waals surface area contributed by atoms with E-state index in [1.165, 1.54) is 0 Å². The summed E-state index contributed by atoms with van der Waals surface area (Å²) in [7, 11) is 0. The van der Waals surface area contributed by atoms with Crippen molar-refractivity contribution >= 4 is 5.97 Å². The lowest BCUT2D eigenvalue weighted by atomic mass is 9.95. The lowest BCUT2D eigenvalue weighted by molar-refractivity contribution is -0.148. The van der Waals surface area contributed by atoms with Crippen molar-refractivity contribution in [2.24, 2.45) is 5.41 Å². The lowest BCUT2D eigenvalue weighted by Gasteiger charge is -2.20. The molecule has 5 heteroatoms. The molecular weight excluding hydrogens is 246 g/mol. The molecule has 0 amide bonds. The Kier molecular flexibility index (Phi) is 4.76. The summed E-state index contributed by atoms with van der Waals surface area (Å²) in [5.74, 6) is -0.0444. The van der Waals surface area contributed by atoms with E-state index in [0.717, 1.165) is 0 Å². The van der Waals surface area contributed by atoms with E-state index in [9.17, 15) is 4.79 Å². The SMILES string of the molecule is CCOc1cc(C#N)ccc1OCC(C)(C)C(=O)O. The van der Waals surface area contributed by atoms with Gasteiger partial charge in [-0.05, 0) is 32.9 Å². The largest absolute Gasteiger partial charge is 0.490 e. The van der Waals surface area contributed by atoms with Gasteiger partial charge in [0.2, 0.25) is 0 Å². The molecule has 0 aliphatic carbocycles. The Bertz CT molecular complexity index is 503. The second kappa shape index (κ2) is 6.10. The molecule has 5 nitrogen and oxygen atoms in total. The number of rotatable bonds is 6. The number of carboxylic acids is 1. The highest BCUT2D eigenvalue weighted by Crippen LogP contribution is 2.30. The maximum Gasteiger partial charge on any atom is 0.312 e. The number of hydrogen-bond donors (Lipinski definition) is 1. The molecule has 0 atom stereocenters. The molecule has 19 heavy (non-hydrogen) atoms. The van der Waals surface area contributed by atoms with E-state index in [0.29, 0.717) is 23.7 Å². The lowest BCUT2D eigenvalue weighted by Crippen LogP contribution is -2.30. The first kappa shape index (κ1) is 14.8. The van der Waals surface area contributed by atoms with Crippen molar-refractivity contribution in [1.29, 1.82) is 5.26 Å². The fourth-order valence-corrected chi connectivity index (χ4v) is 1.29. The average Bonchev–Trinajstić information content (AvgIpc) is 2.37. The minimum atomic E-state index is -0.989. The molecule has 1 rings (SSSR count). The number of aliphatic carboxylic acids is 1. The predicted molar refractivity (Wildman–Crippen MR) is 69.2 cm³/mol. The molecule has 0 bridgehead atoms. The van der Waals surface area contributed by atoms with E-state index in [4.69, 9.17) is 19.8 Å². The van der Waals surface area contributed by atoms with Crippen LogP contribution in [0.5, 0.6) is 11.5 Å². The standard InChI is InChI=1S/C14H17NO4/c1-4-18-12-7-10(8-15)5-6-11(12)19-9-14(2,3)13(16)17/h5-7H,4,9H2,1-3H3,(H,16,17). The Morgan fingerprint density at radius 1 is 1.37 bits per heavy atom. The maximum atomic E-state index is 11.0. The summed E-state index contributed by atoms with van der Waals surface area (Å²) in [6, 6.07) is 6.81. The molecule has 0 aliphatic heterocycles. The predicted octanol–water partition coefficient (Wildman–Crippen LogP) is 2.45. The molecular formula is C14H17NO4. The Labute approximate surface area is 112 Å². The van der Waals surface area contributed by atoms with Crippen molar-refractivity contribution in [2.45, 2.75) is 20.8 Å². The minimum absolute atomic E-state index is 0.0221. The van der Waals surface area contributed by atoms with Crippen molar-refractivity contribution in [3.05, 3.63) is 23.8 Å². The molecule has 0 fully saturated rings. The number of carbonyl (C=O) groups is 1. The smallest absolute Gasteiger partial charge is 0.312 e. The van der Waals surface area contributed by atoms with Crippen LogP contribution in [0.3, 0.4) is 0 Å². The van der Waals surface area contributed by atoms with Crippen molar-refractivity contribution in [3.63, 3.8) is 0 Å². The highest BCUT2D eigenvalue weighted by Gasteiger charge is 2.28. The summed E-state index contributed by atoms with van der Waals surface area (Å²) in [5.41, 5.74) is -0.523. The number of carboxylic acid groups (broad SMARTS) is 1. The molecule has 1 aromatic rings. The van der Waals surface area contributed by atoms with Crippen LogP contribution in [-0.2, 0) is 4.79 Å². The van der Waals surface area contributed by atoms with Gasteiger partial charge < -0.3 is 14.6 Å². The Morgan fingerprint density at radius 3 is 2.58 bits per heavy atom. The zero-order valence-corrected chi connectivity index (χ0v) is 11.3. The van der Waals surface area contributed by atoms with Crippen LogP contribution in [0, 0.1) is 16.7 Å². The molecule has 1 aromatic carbocycles. The van der Waals surface area contributed by atoms with Crippen LogP contribution in [0.2, 0.25) is 0 Å². The van der Waals surface area contributed by atoms with Gasteiger partial charge in [0.15, 0.2) is 11.5 Å². The first-order valence-electron chi connectivity index (χ1n) is 5.94. The van der Waals surface area contributed by atoms with Gasteiger partial charge in [-0.15, -0.1) is 0 Å². The van der Waals surface area contributed by atoms with Gasteiger partial charge in [0.1, 0.15) is 6.61 Å². The van der Waals surface area contributed by atoms with E-state index >= 15 is 0 Å². The summed E-state index contributed by atoms with van der Waals surface area (Å²) in [6.45, 7) is 5.45. The van der Waals surface area contributed by atoms with Gasteiger partial charge in [0, 0.05) is 6.07 Å². The third-order valence-electron chi connectivity index (χ3n) is 2.54. The number of benzene rings is 1. The number of hydrogen-bond acceptors (Lipinski definition) is 4. The Balaban J connectivity index is 2.89. The topological polar surface area (TPSA) is 79.5 Å². The van der Waals surface area contributed by atoms with E-state index in [-0.39, 0.29) is 6.61 Å². The normalized spacial score (nSPS) is 10.6. The summed E-state index contributed by atoms with van der Waals surface area (Å²) < 4.78 is 10.9. The van der Waals surface area contributed by atoms with E-state index in [1.807, 2.05) is 13.0 Å². The second-order valence-corrected chi connectivity index (χ2v) is 4.68. The second-order valence-electron chi connectivity index (χ2n) is 4.68. The molecule has 0 saturated carbocycles. The van der Waals surface area contributed by atoms with Gasteiger partial charge in [-0.25, -0.2) is 0 Å². The number of nitrogens with zero attached hydrogens (tertiary/aromatic N) is 1. The number of ether oxygens (including phenoxy) is 2. The van der Waals surface area contributed by atoms with Gasteiger partial charge in [-0.3, -0.25) is 4.79 Å². The molecule has 1 N–H and O–H groups in total. The highest BCUT2D eigenvalue weighted by atomic mass is 16.5. The summed E-state index contributed by atoms with van der Waals surface area (Å²) in [4.78, 5) is 11.0. The zero-order valence-electron chi connectivity index (χ0n) is 11.3. The van der Waals surface area contributed by atoms with Crippen molar-refractivity contribution < 1.29 is 19.4 Å². The first-order chi connectivity index (χ1) is 8.90.